The van der Waals surface area contributed by atoms with Crippen molar-refractivity contribution in [2.75, 3.05) is 13.9 Å². The molecule has 0 N–H and O–H groups in total. The van der Waals surface area contributed by atoms with Crippen LogP contribution in [-0.4, -0.2) is 24.8 Å². The van der Waals surface area contributed by atoms with Gasteiger partial charge in [-0.2, -0.15) is 4.57 Å². The molecule has 0 saturated heterocycles. The molecule has 0 bridgehead atoms. The van der Waals surface area contributed by atoms with Gasteiger partial charge in [-0.05, 0) is 41.3 Å². The Bertz CT molecular complexity index is 1550. The highest BCUT2D eigenvalue weighted by Gasteiger charge is 2.30. The second-order valence-electron chi connectivity index (χ2n) is 8.23. The predicted molar refractivity (Wildman–Crippen MR) is 124 cm³/mol. The number of aryl methyl sites for hydroxylation is 2. The maximum absolute atomic E-state index is 13.0. The number of fused-ring (bicyclic) bond motifs is 5. The number of methoxy groups -OCH3 is 1. The zero-order valence-electron chi connectivity index (χ0n) is 18.6. The van der Waals surface area contributed by atoms with Gasteiger partial charge in [0.05, 0.1) is 23.0 Å². The summed E-state index contributed by atoms with van der Waals surface area (Å²) in [4.78, 5) is 23.8. The van der Waals surface area contributed by atoms with Gasteiger partial charge in [0.25, 0.3) is 5.69 Å². The van der Waals surface area contributed by atoms with Crippen molar-refractivity contribution in [3.8, 4) is 34.3 Å². The van der Waals surface area contributed by atoms with Gasteiger partial charge in [0.15, 0.2) is 35.7 Å². The zero-order chi connectivity index (χ0) is 24.1. The molecule has 6 rings (SSSR count). The fourth-order valence-corrected chi connectivity index (χ4v) is 4.62. The second kappa shape index (κ2) is 7.98. The van der Waals surface area contributed by atoms with Crippen molar-refractivity contribution >= 4 is 22.4 Å². The molecular weight excluding hydrogens is 452 g/mol. The SMILES string of the molecule is COc1ccc2cc3[n+](cc2c1OC(=O)c1ccccc1[N+](=O)[O-])CCc1cc2c(cc1-3)OCO2. The van der Waals surface area contributed by atoms with Gasteiger partial charge >= 0.3 is 5.97 Å². The number of ether oxygens (including phenoxy) is 4. The molecule has 0 unspecified atom stereocenters. The molecule has 0 saturated carbocycles. The van der Waals surface area contributed by atoms with Crippen molar-refractivity contribution in [3.05, 3.63) is 82.0 Å². The number of hydrogen-bond acceptors (Lipinski definition) is 7. The Morgan fingerprint density at radius 2 is 1.89 bits per heavy atom. The maximum atomic E-state index is 13.0. The summed E-state index contributed by atoms with van der Waals surface area (Å²) in [6, 6.07) is 15.3. The molecule has 4 aromatic rings. The average Bonchev–Trinajstić information content (AvgIpc) is 3.34. The Balaban J connectivity index is 1.47. The highest BCUT2D eigenvalue weighted by atomic mass is 16.7. The van der Waals surface area contributed by atoms with Crippen LogP contribution in [0, 0.1) is 10.1 Å². The number of rotatable bonds is 4. The fraction of sp³-hybridized carbons (Fsp3) is 0.154. The minimum absolute atomic E-state index is 0.132. The van der Waals surface area contributed by atoms with Crippen LogP contribution in [0.1, 0.15) is 15.9 Å². The molecule has 174 valence electrons. The summed E-state index contributed by atoms with van der Waals surface area (Å²) < 4.78 is 24.4. The van der Waals surface area contributed by atoms with Crippen molar-refractivity contribution in [1.82, 2.24) is 0 Å². The number of benzene rings is 3. The van der Waals surface area contributed by atoms with Gasteiger partial charge in [0.2, 0.25) is 12.5 Å². The molecule has 0 atom stereocenters. The van der Waals surface area contributed by atoms with Gasteiger partial charge in [-0.1, -0.05) is 12.1 Å². The van der Waals surface area contributed by atoms with Crippen LogP contribution in [0.3, 0.4) is 0 Å². The third-order valence-electron chi connectivity index (χ3n) is 6.31. The summed E-state index contributed by atoms with van der Waals surface area (Å²) in [5.74, 6) is 1.20. The number of nitro groups is 1. The normalized spacial score (nSPS) is 13.2. The van der Waals surface area contributed by atoms with Crippen LogP contribution in [0.25, 0.3) is 22.0 Å². The Morgan fingerprint density at radius 1 is 1.09 bits per heavy atom. The van der Waals surface area contributed by atoms with E-state index in [0.29, 0.717) is 23.4 Å². The lowest BCUT2D eigenvalue weighted by atomic mass is 9.95. The Morgan fingerprint density at radius 3 is 2.69 bits per heavy atom. The van der Waals surface area contributed by atoms with E-state index in [-0.39, 0.29) is 23.8 Å². The summed E-state index contributed by atoms with van der Waals surface area (Å²) in [7, 11) is 1.48. The molecule has 0 fully saturated rings. The van der Waals surface area contributed by atoms with Crippen LogP contribution >= 0.6 is 0 Å². The van der Waals surface area contributed by atoms with E-state index >= 15 is 0 Å². The van der Waals surface area contributed by atoms with Gasteiger partial charge in [-0.25, -0.2) is 4.79 Å². The number of hydrogen-bond donors (Lipinski definition) is 0. The van der Waals surface area contributed by atoms with Gasteiger partial charge in [-0.15, -0.1) is 0 Å². The molecule has 0 radical (unpaired) electrons. The lowest BCUT2D eigenvalue weighted by molar-refractivity contribution is -0.686. The van der Waals surface area contributed by atoms with E-state index in [1.54, 1.807) is 12.1 Å². The van der Waals surface area contributed by atoms with Crippen LogP contribution in [0.4, 0.5) is 5.69 Å². The van der Waals surface area contributed by atoms with E-state index in [1.807, 2.05) is 30.5 Å². The highest BCUT2D eigenvalue weighted by molar-refractivity contribution is 5.99. The molecule has 9 nitrogen and oxygen atoms in total. The van der Waals surface area contributed by atoms with Crippen LogP contribution in [0.15, 0.2) is 60.8 Å². The molecule has 1 aromatic heterocycles. The van der Waals surface area contributed by atoms with Crippen LogP contribution in [0.2, 0.25) is 0 Å². The minimum Gasteiger partial charge on any atom is -0.493 e. The quantitative estimate of drug-likeness (QED) is 0.144. The maximum Gasteiger partial charge on any atom is 0.350 e. The molecule has 0 aliphatic carbocycles. The molecule has 35 heavy (non-hydrogen) atoms. The Labute approximate surface area is 199 Å². The summed E-state index contributed by atoms with van der Waals surface area (Å²) in [6.07, 6.45) is 2.72. The fourth-order valence-electron chi connectivity index (χ4n) is 4.62. The number of carbonyl (C=O) groups excluding carboxylic acids is 1. The van der Waals surface area contributed by atoms with Crippen molar-refractivity contribution < 1.29 is 33.2 Å². The van der Waals surface area contributed by atoms with E-state index in [9.17, 15) is 14.9 Å². The summed E-state index contributed by atoms with van der Waals surface area (Å²) in [6.45, 7) is 0.927. The number of para-hydroxylation sites is 1. The highest BCUT2D eigenvalue weighted by Crippen LogP contribution is 2.42. The lowest BCUT2D eigenvalue weighted by Gasteiger charge is -2.17. The van der Waals surface area contributed by atoms with Gasteiger partial charge < -0.3 is 18.9 Å². The van der Waals surface area contributed by atoms with E-state index in [4.69, 9.17) is 18.9 Å². The number of nitro benzene ring substituents is 1. The first kappa shape index (κ1) is 20.9. The average molecular weight is 471 g/mol. The molecular formula is C26H19N2O7+. The van der Waals surface area contributed by atoms with Crippen LogP contribution < -0.4 is 23.5 Å². The van der Waals surface area contributed by atoms with E-state index in [1.165, 1.54) is 30.9 Å². The standard InChI is InChI=1S/C26H19N2O7/c1-32-22-7-6-15-10-21-18-12-24-23(33-14-34-24)11-16(18)8-9-27(21)13-19(15)25(22)35-26(29)17-4-2-3-5-20(17)28(30)31/h2-7,10-13H,8-9,14H2,1H3/q+1. The van der Waals surface area contributed by atoms with Crippen molar-refractivity contribution in [2.45, 2.75) is 13.0 Å². The molecule has 9 heteroatoms. The molecule has 0 spiro atoms. The first-order valence-electron chi connectivity index (χ1n) is 11.0. The van der Waals surface area contributed by atoms with Crippen molar-refractivity contribution in [1.29, 1.82) is 0 Å². The van der Waals surface area contributed by atoms with Crippen LogP contribution in [-0.2, 0) is 13.0 Å². The third kappa shape index (κ3) is 3.40. The summed E-state index contributed by atoms with van der Waals surface area (Å²) >= 11 is 0. The monoisotopic (exact) mass is 471 g/mol. The predicted octanol–water partition coefficient (Wildman–Crippen LogP) is 4.22. The first-order valence-corrected chi connectivity index (χ1v) is 11.0. The van der Waals surface area contributed by atoms with E-state index < -0.39 is 10.9 Å². The van der Waals surface area contributed by atoms with Crippen molar-refractivity contribution in [2.24, 2.45) is 0 Å². The topological polar surface area (TPSA) is 101 Å². The second-order valence-corrected chi connectivity index (χ2v) is 8.23. The van der Waals surface area contributed by atoms with Gasteiger partial charge in [-0.3, -0.25) is 10.1 Å². The molecule has 2 aliphatic heterocycles. The number of aromatic nitrogens is 1. The summed E-state index contributed by atoms with van der Waals surface area (Å²) in [5.41, 5.74) is 2.77. The number of pyridine rings is 1. The summed E-state index contributed by atoms with van der Waals surface area (Å²) in [5, 5.41) is 12.9. The zero-order valence-corrected chi connectivity index (χ0v) is 18.6. The minimum atomic E-state index is -0.830. The van der Waals surface area contributed by atoms with E-state index in [0.717, 1.165) is 28.8 Å². The number of nitrogens with zero attached hydrogens (tertiary/aromatic N) is 2. The van der Waals surface area contributed by atoms with Gasteiger partial charge in [0, 0.05) is 18.6 Å². The third-order valence-corrected chi connectivity index (χ3v) is 6.31. The van der Waals surface area contributed by atoms with Crippen LogP contribution in [0.5, 0.6) is 23.0 Å². The largest absolute Gasteiger partial charge is 0.493 e. The Kier molecular flexibility index (Phi) is 4.77. The van der Waals surface area contributed by atoms with E-state index in [2.05, 4.69) is 4.57 Å². The lowest BCUT2D eigenvalue weighted by Crippen LogP contribution is -2.40. The number of carbonyl (C=O) groups is 1. The molecule has 3 aromatic carbocycles. The smallest absolute Gasteiger partial charge is 0.350 e. The van der Waals surface area contributed by atoms with Gasteiger partial charge in [0.1, 0.15) is 5.56 Å². The Hall–Kier alpha value is -4.66. The molecule has 0 amide bonds. The first-order chi connectivity index (χ1) is 17.0. The molecule has 3 heterocycles. The molecule has 2 aliphatic rings. The van der Waals surface area contributed by atoms with Crippen molar-refractivity contribution in [3.63, 3.8) is 0 Å². The number of esters is 1.